The maximum Gasteiger partial charge on any atom is 0.220 e. The Morgan fingerprint density at radius 3 is 2.73 bits per heavy atom. The van der Waals surface area contributed by atoms with Gasteiger partial charge >= 0.3 is 0 Å². The highest BCUT2D eigenvalue weighted by Gasteiger charge is 2.19. The quantitative estimate of drug-likeness (QED) is 0.427. The molecule has 2 heteroatoms. The van der Waals surface area contributed by atoms with Crippen molar-refractivity contribution in [1.29, 1.82) is 0 Å². The molecule has 4 rings (SSSR count). The van der Waals surface area contributed by atoms with E-state index in [0.717, 1.165) is 16.5 Å². The zero-order valence-corrected chi connectivity index (χ0v) is 13.8. The minimum atomic E-state index is 0.613. The summed E-state index contributed by atoms with van der Waals surface area (Å²) in [5, 5.41) is 5.61. The van der Waals surface area contributed by atoms with Crippen molar-refractivity contribution in [1.82, 2.24) is 0 Å². The van der Waals surface area contributed by atoms with Gasteiger partial charge in [-0.05, 0) is 52.9 Å². The second-order valence-corrected chi connectivity index (χ2v) is 6.74. The first kappa shape index (κ1) is 12.4. The van der Waals surface area contributed by atoms with E-state index in [0.29, 0.717) is 6.04 Å². The summed E-state index contributed by atoms with van der Waals surface area (Å²) < 4.78 is 11.9. The maximum atomic E-state index is 8.43. The molecule has 2 heterocycles. The van der Waals surface area contributed by atoms with Crippen molar-refractivity contribution < 1.29 is 5.94 Å². The summed E-state index contributed by atoms with van der Waals surface area (Å²) in [6.07, 6.45) is 0. The molecule has 0 aliphatic carbocycles. The lowest BCUT2D eigenvalue weighted by Gasteiger charge is -2.10. The number of benzene rings is 2. The van der Waals surface area contributed by atoms with Crippen LogP contribution >= 0.6 is 11.3 Å². The third kappa shape index (κ3) is 1.95. The summed E-state index contributed by atoms with van der Waals surface area (Å²) in [7, 11) is 2.06. The molecule has 2 aromatic heterocycles. The van der Waals surface area contributed by atoms with Gasteiger partial charge in [-0.1, -0.05) is 18.2 Å². The van der Waals surface area contributed by atoms with Crippen molar-refractivity contribution in [3.63, 3.8) is 0 Å². The highest BCUT2D eigenvalue weighted by molar-refractivity contribution is 7.17. The van der Waals surface area contributed by atoms with Crippen molar-refractivity contribution in [2.24, 2.45) is 7.05 Å². The predicted molar refractivity (Wildman–Crippen MR) is 95.4 cm³/mol. The first-order valence-corrected chi connectivity index (χ1v) is 8.32. The van der Waals surface area contributed by atoms with Gasteiger partial charge in [-0.15, -0.1) is 11.3 Å². The third-order valence-corrected chi connectivity index (χ3v) is 5.27. The summed E-state index contributed by atoms with van der Waals surface area (Å²) in [6, 6.07) is 15.6. The summed E-state index contributed by atoms with van der Waals surface area (Å²) >= 11 is 1.78. The average Bonchev–Trinajstić information content (AvgIpc) is 3.00. The van der Waals surface area contributed by atoms with Gasteiger partial charge in [0, 0.05) is 17.7 Å². The highest BCUT2D eigenvalue weighted by atomic mass is 32.1. The van der Waals surface area contributed by atoms with Crippen LogP contribution in [-0.2, 0) is 7.05 Å². The molecule has 0 aliphatic heterocycles. The molecule has 108 valence electrons. The maximum absolute atomic E-state index is 8.43. The van der Waals surface area contributed by atoms with E-state index in [-0.39, 0.29) is 0 Å². The normalized spacial score (nSPS) is 12.0. The van der Waals surface area contributed by atoms with E-state index >= 15 is 0 Å². The van der Waals surface area contributed by atoms with E-state index in [9.17, 15) is 0 Å². The largest absolute Gasteiger partial charge is 0.220 e. The van der Waals surface area contributed by atoms with Gasteiger partial charge < -0.3 is 0 Å². The Balaban J connectivity index is 2.17. The number of fused-ring (bicyclic) bond motifs is 2. The summed E-state index contributed by atoms with van der Waals surface area (Å²) in [4.78, 5) is 0. The minimum absolute atomic E-state index is 0.613. The molecule has 0 saturated carbocycles. The molecule has 0 bridgehead atoms. The number of rotatable bonds is 1. The zero-order chi connectivity index (χ0) is 16.1. The minimum Gasteiger partial charge on any atom is -0.198 e. The number of aryl methyl sites for hydroxylation is 1. The zero-order valence-electron chi connectivity index (χ0n) is 14.0. The number of aromatic nitrogens is 1. The molecule has 4 aromatic rings. The fourth-order valence-electron chi connectivity index (χ4n) is 3.13. The van der Waals surface area contributed by atoms with E-state index in [4.69, 9.17) is 1.37 Å². The Morgan fingerprint density at radius 1 is 1.05 bits per heavy atom. The summed E-state index contributed by atoms with van der Waals surface area (Å²) in [6.45, 7) is 4.20. The van der Waals surface area contributed by atoms with E-state index in [1.54, 1.807) is 11.3 Å². The van der Waals surface area contributed by atoms with Crippen LogP contribution in [-0.4, -0.2) is 0 Å². The molecule has 0 fully saturated rings. The molecule has 0 atom stereocenters. The van der Waals surface area contributed by atoms with Crippen molar-refractivity contribution in [2.75, 3.05) is 0 Å². The molecule has 0 amide bonds. The second kappa shape index (κ2) is 4.92. The molecule has 0 spiro atoms. The second-order valence-electron chi connectivity index (χ2n) is 5.79. The molecule has 0 radical (unpaired) electrons. The fourth-order valence-corrected chi connectivity index (χ4v) is 3.94. The van der Waals surface area contributed by atoms with Gasteiger partial charge in [-0.25, -0.2) is 0 Å². The lowest BCUT2D eigenvalue weighted by atomic mass is 9.98. The average molecular weight is 305 g/mol. The van der Waals surface area contributed by atoms with Crippen LogP contribution in [0.15, 0.2) is 53.9 Å². The summed E-state index contributed by atoms with van der Waals surface area (Å²) in [5.41, 5.74) is 4.71. The van der Waals surface area contributed by atoms with Crippen molar-refractivity contribution in [3.05, 3.63) is 65.1 Å². The third-order valence-electron chi connectivity index (χ3n) is 4.39. The monoisotopic (exact) mass is 305 g/mol. The van der Waals surface area contributed by atoms with Gasteiger partial charge in [0.25, 0.3) is 0 Å². The van der Waals surface area contributed by atoms with E-state index in [2.05, 4.69) is 54.3 Å². The molecule has 1 nitrogen and oxygen atoms in total. The Kier molecular flexibility index (Phi) is 2.77. The number of pyridine rings is 1. The van der Waals surface area contributed by atoms with Crippen LogP contribution in [0.2, 0.25) is 0 Å². The van der Waals surface area contributed by atoms with Gasteiger partial charge in [0.05, 0.1) is 12.3 Å². The molecule has 0 aliphatic rings. The van der Waals surface area contributed by atoms with Crippen LogP contribution < -0.4 is 4.57 Å². The van der Waals surface area contributed by atoms with Crippen molar-refractivity contribution in [3.8, 4) is 11.3 Å². The van der Waals surface area contributed by atoms with Gasteiger partial charge in [0.1, 0.15) is 7.05 Å². The molecule has 0 N–H and O–H groups in total. The van der Waals surface area contributed by atoms with Crippen LogP contribution in [0.5, 0.6) is 0 Å². The summed E-state index contributed by atoms with van der Waals surface area (Å²) in [5.74, 6) is 0. The Bertz CT molecular complexity index is 1060. The van der Waals surface area contributed by atoms with Crippen LogP contribution in [0.1, 0.15) is 12.6 Å². The molecular weight excluding hydrogens is 286 g/mol. The fraction of sp³-hybridized carbons (Fsp3) is 0.150. The number of nitrogens with zero attached hydrogens (tertiary/aromatic N) is 1. The number of hydrogen-bond donors (Lipinski definition) is 0. The van der Waals surface area contributed by atoms with E-state index in [1.807, 2.05) is 19.1 Å². The van der Waals surface area contributed by atoms with Crippen LogP contribution in [0, 0.1) is 13.8 Å². The smallest absolute Gasteiger partial charge is 0.198 e. The van der Waals surface area contributed by atoms with Crippen LogP contribution in [0.3, 0.4) is 0 Å². The number of hydrogen-bond acceptors (Lipinski definition) is 1. The van der Waals surface area contributed by atoms with Crippen LogP contribution in [0.25, 0.3) is 32.1 Å². The molecule has 0 unspecified atom stereocenters. The SMILES string of the molecule is [2H]c1c(C)[n+](C)c(-c2cc3sccc3cc2C)c2ccccc12. The van der Waals surface area contributed by atoms with Crippen molar-refractivity contribution >= 4 is 32.2 Å². The Labute approximate surface area is 135 Å². The Hall–Kier alpha value is -2.19. The standard InChI is InChI=1S/C20H18NS/c1-13-10-16-8-9-22-19(16)12-18(13)20-17-7-5-4-6-15(17)11-14(2)21(20)3/h4-12H,1-3H3/q+1/i11D. The van der Waals surface area contributed by atoms with Crippen molar-refractivity contribution in [2.45, 2.75) is 13.8 Å². The molecular formula is C20H18NS+. The Morgan fingerprint density at radius 2 is 1.86 bits per heavy atom. The van der Waals surface area contributed by atoms with Gasteiger partial charge in [0.2, 0.25) is 5.69 Å². The van der Waals surface area contributed by atoms with Gasteiger partial charge in [-0.3, -0.25) is 0 Å². The highest BCUT2D eigenvalue weighted by Crippen LogP contribution is 2.33. The number of thiophene rings is 1. The van der Waals surface area contributed by atoms with Gasteiger partial charge in [-0.2, -0.15) is 4.57 Å². The lowest BCUT2D eigenvalue weighted by molar-refractivity contribution is -0.665. The first-order valence-electron chi connectivity index (χ1n) is 7.94. The predicted octanol–water partition coefficient (Wildman–Crippen LogP) is 5.16. The lowest BCUT2D eigenvalue weighted by Crippen LogP contribution is -2.35. The van der Waals surface area contributed by atoms with E-state index < -0.39 is 0 Å². The molecule has 22 heavy (non-hydrogen) atoms. The topological polar surface area (TPSA) is 3.88 Å². The molecule has 2 aromatic carbocycles. The molecule has 0 saturated heterocycles. The van der Waals surface area contributed by atoms with Crippen LogP contribution in [0.4, 0.5) is 0 Å². The van der Waals surface area contributed by atoms with E-state index in [1.165, 1.54) is 26.9 Å². The first-order chi connectivity index (χ1) is 11.1. The van der Waals surface area contributed by atoms with Gasteiger partial charge in [0.15, 0.2) is 5.69 Å².